The number of amides is 2. The molecule has 0 radical (unpaired) electrons. The molecule has 0 unspecified atom stereocenters. The standard InChI is InChI=1S/C28H36N2O15S2/c1-41-15-7-3-5-13(9-15)25(36)29-19-21(33)17(11-31)43-27(23(19)35)46-28-24(45-47(38,39)40)20(22(34)18(12-32)44-28)30-26(37)14-6-4-8-16(10-14)42-2/h3-10,17-24,27-28,31-35H,11-12H2,1-2H3,(H,29,36)(H,30,37)(H,38,39,40)/t17-,18-,19+,20+,21+,22+,23-,24-,27+,28+/m1/s1. The molecule has 10 atom stereocenters. The Morgan fingerprint density at radius 3 is 1.72 bits per heavy atom. The highest BCUT2D eigenvalue weighted by Gasteiger charge is 2.52. The molecule has 2 heterocycles. The van der Waals surface area contributed by atoms with Gasteiger partial charge in [-0.3, -0.25) is 14.1 Å². The molecule has 0 spiro atoms. The van der Waals surface area contributed by atoms with Crippen molar-refractivity contribution in [1.82, 2.24) is 10.6 Å². The monoisotopic (exact) mass is 704 g/mol. The number of rotatable bonds is 12. The highest BCUT2D eigenvalue weighted by Crippen LogP contribution is 2.38. The second kappa shape index (κ2) is 15.9. The SMILES string of the molecule is COc1cccc(C(=O)N[C@H]2[C@@H](O)[C@@H](CO)O[C@@H](S[C@@H]3O[C@H](CO)[C@H](O)[C@H](NC(=O)c4cccc(OC)c4)[C@H]3OS(=O)(=O)O)[C@@H]2O)c1. The van der Waals surface area contributed by atoms with E-state index in [1.54, 1.807) is 18.2 Å². The van der Waals surface area contributed by atoms with Gasteiger partial charge in [-0.05, 0) is 36.4 Å². The van der Waals surface area contributed by atoms with Gasteiger partial charge in [0, 0.05) is 11.1 Å². The fourth-order valence-corrected chi connectivity index (χ4v) is 7.06. The van der Waals surface area contributed by atoms with E-state index in [0.29, 0.717) is 23.3 Å². The van der Waals surface area contributed by atoms with Crippen molar-refractivity contribution >= 4 is 34.0 Å². The molecule has 17 nitrogen and oxygen atoms in total. The maximum atomic E-state index is 13.2. The molecule has 260 valence electrons. The summed E-state index contributed by atoms with van der Waals surface area (Å²) in [5.41, 5.74) is -2.95. The van der Waals surface area contributed by atoms with E-state index in [0.717, 1.165) is 0 Å². The van der Waals surface area contributed by atoms with Crippen LogP contribution < -0.4 is 20.1 Å². The van der Waals surface area contributed by atoms with Gasteiger partial charge >= 0.3 is 10.4 Å². The van der Waals surface area contributed by atoms with E-state index in [2.05, 4.69) is 10.6 Å². The lowest BCUT2D eigenvalue weighted by Gasteiger charge is -2.47. The lowest BCUT2D eigenvalue weighted by Crippen LogP contribution is -2.67. The van der Waals surface area contributed by atoms with Crippen LogP contribution in [0, 0.1) is 0 Å². The number of hydrogen-bond acceptors (Lipinski definition) is 15. The molecule has 2 aromatic carbocycles. The molecular formula is C28H36N2O15S2. The summed E-state index contributed by atoms with van der Waals surface area (Å²) < 4.78 is 60.0. The van der Waals surface area contributed by atoms with E-state index in [-0.39, 0.29) is 11.1 Å². The van der Waals surface area contributed by atoms with Gasteiger partial charge in [-0.15, -0.1) is 0 Å². The molecule has 2 aromatic rings. The van der Waals surface area contributed by atoms with Crippen molar-refractivity contribution in [3.8, 4) is 11.5 Å². The summed E-state index contributed by atoms with van der Waals surface area (Å²) in [4.78, 5) is 26.2. The van der Waals surface area contributed by atoms with Gasteiger partial charge in [0.1, 0.15) is 59.0 Å². The number of ether oxygens (including phenoxy) is 4. The largest absolute Gasteiger partial charge is 0.497 e. The molecular weight excluding hydrogens is 668 g/mol. The van der Waals surface area contributed by atoms with Gasteiger partial charge in [0.15, 0.2) is 0 Å². The van der Waals surface area contributed by atoms with E-state index in [1.165, 1.54) is 44.6 Å². The van der Waals surface area contributed by atoms with Crippen LogP contribution in [0.25, 0.3) is 0 Å². The lowest BCUT2D eigenvalue weighted by atomic mass is 9.96. The molecule has 2 saturated heterocycles. The second-order valence-electron chi connectivity index (χ2n) is 10.5. The average molecular weight is 705 g/mol. The van der Waals surface area contributed by atoms with Crippen molar-refractivity contribution in [2.45, 2.75) is 59.6 Å². The van der Waals surface area contributed by atoms with Crippen molar-refractivity contribution in [2.24, 2.45) is 0 Å². The summed E-state index contributed by atoms with van der Waals surface area (Å²) in [6.45, 7) is -1.60. The zero-order valence-corrected chi connectivity index (χ0v) is 26.6. The van der Waals surface area contributed by atoms with Crippen molar-refractivity contribution < 1.29 is 71.2 Å². The van der Waals surface area contributed by atoms with Crippen LogP contribution in [0.3, 0.4) is 0 Å². The molecule has 2 aliphatic rings. The number of aliphatic hydroxyl groups is 5. The first-order valence-corrected chi connectivity index (χ1v) is 16.4. The van der Waals surface area contributed by atoms with Gasteiger partial charge in [0.25, 0.3) is 11.8 Å². The molecule has 2 amide bonds. The number of aliphatic hydroxyl groups excluding tert-OH is 5. The zero-order valence-electron chi connectivity index (χ0n) is 25.0. The molecule has 19 heteroatoms. The summed E-state index contributed by atoms with van der Waals surface area (Å²) in [7, 11) is -2.50. The first kappa shape index (κ1) is 36.8. The minimum Gasteiger partial charge on any atom is -0.497 e. The van der Waals surface area contributed by atoms with Crippen molar-refractivity contribution in [3.05, 3.63) is 59.7 Å². The molecule has 8 N–H and O–H groups in total. The van der Waals surface area contributed by atoms with Crippen LogP contribution in [0.5, 0.6) is 11.5 Å². The molecule has 2 fully saturated rings. The second-order valence-corrected chi connectivity index (χ2v) is 12.8. The van der Waals surface area contributed by atoms with E-state index in [1.807, 2.05) is 0 Å². The van der Waals surface area contributed by atoms with Gasteiger partial charge in [0.05, 0.1) is 39.5 Å². The smallest absolute Gasteiger partial charge is 0.397 e. The number of benzene rings is 2. The maximum absolute atomic E-state index is 13.2. The highest BCUT2D eigenvalue weighted by atomic mass is 32.3. The van der Waals surface area contributed by atoms with Crippen LogP contribution in [0.15, 0.2) is 48.5 Å². The van der Waals surface area contributed by atoms with Gasteiger partial charge in [-0.1, -0.05) is 23.9 Å². The Kier molecular flexibility index (Phi) is 12.4. The molecule has 0 saturated carbocycles. The van der Waals surface area contributed by atoms with Crippen LogP contribution in [0.2, 0.25) is 0 Å². The molecule has 0 aromatic heterocycles. The normalized spacial score (nSPS) is 31.1. The Balaban J connectivity index is 1.62. The minimum atomic E-state index is -5.28. The molecule has 0 aliphatic carbocycles. The molecule has 2 aliphatic heterocycles. The predicted molar refractivity (Wildman–Crippen MR) is 162 cm³/mol. The van der Waals surface area contributed by atoms with Gasteiger partial charge in [0.2, 0.25) is 0 Å². The maximum Gasteiger partial charge on any atom is 0.397 e. The topological polar surface area (TPSA) is 260 Å². The average Bonchev–Trinajstić information content (AvgIpc) is 3.06. The predicted octanol–water partition coefficient (Wildman–Crippen LogP) is -1.96. The quantitative estimate of drug-likeness (QED) is 0.112. The Morgan fingerprint density at radius 2 is 1.26 bits per heavy atom. The summed E-state index contributed by atoms with van der Waals surface area (Å²) in [5.74, 6) is -0.869. The van der Waals surface area contributed by atoms with Gasteiger partial charge in [-0.25, -0.2) is 4.18 Å². The number of methoxy groups -OCH3 is 2. The lowest BCUT2D eigenvalue weighted by molar-refractivity contribution is -0.172. The summed E-state index contributed by atoms with van der Waals surface area (Å²) in [6.07, 6.45) is -9.88. The highest BCUT2D eigenvalue weighted by molar-refractivity contribution is 8.00. The third-order valence-corrected chi connectivity index (χ3v) is 9.28. The fourth-order valence-electron chi connectivity index (χ4n) is 5.10. The number of nitrogens with one attached hydrogen (secondary N) is 2. The van der Waals surface area contributed by atoms with Crippen LogP contribution in [-0.4, -0.2) is 137 Å². The Bertz CT molecular complexity index is 1500. The Hall–Kier alpha value is -3.08. The molecule has 47 heavy (non-hydrogen) atoms. The Morgan fingerprint density at radius 1 is 0.787 bits per heavy atom. The van der Waals surface area contributed by atoms with Crippen LogP contribution in [0.1, 0.15) is 20.7 Å². The van der Waals surface area contributed by atoms with E-state index in [4.69, 9.17) is 23.1 Å². The van der Waals surface area contributed by atoms with E-state index < -0.39 is 95.0 Å². The summed E-state index contributed by atoms with van der Waals surface area (Å²) >= 11 is 0.524. The number of thioether (sulfide) groups is 1. The minimum absolute atomic E-state index is 0.0406. The fraction of sp³-hybridized carbons (Fsp3) is 0.500. The first-order chi connectivity index (χ1) is 22.3. The third-order valence-electron chi connectivity index (χ3n) is 7.50. The van der Waals surface area contributed by atoms with E-state index in [9.17, 15) is 48.1 Å². The third kappa shape index (κ3) is 8.89. The first-order valence-electron chi connectivity index (χ1n) is 14.1. The summed E-state index contributed by atoms with van der Waals surface area (Å²) in [5, 5.41) is 57.9. The van der Waals surface area contributed by atoms with Gasteiger partial charge in [-0.2, -0.15) is 8.42 Å². The van der Waals surface area contributed by atoms with Crippen molar-refractivity contribution in [3.63, 3.8) is 0 Å². The van der Waals surface area contributed by atoms with Gasteiger partial charge < -0.3 is 55.1 Å². The molecule has 4 rings (SSSR count). The zero-order chi connectivity index (χ0) is 34.5. The summed E-state index contributed by atoms with van der Waals surface area (Å²) in [6, 6.07) is 8.76. The van der Waals surface area contributed by atoms with Crippen LogP contribution in [0.4, 0.5) is 0 Å². The van der Waals surface area contributed by atoms with Crippen molar-refractivity contribution in [1.29, 1.82) is 0 Å². The number of hydrogen-bond donors (Lipinski definition) is 8. The van der Waals surface area contributed by atoms with Crippen LogP contribution in [-0.2, 0) is 24.1 Å². The van der Waals surface area contributed by atoms with E-state index >= 15 is 0 Å². The van der Waals surface area contributed by atoms with Crippen LogP contribution >= 0.6 is 11.8 Å². The number of carbonyl (C=O) groups excluding carboxylic acids is 2. The Labute approximate surface area is 273 Å². The van der Waals surface area contributed by atoms with Crippen molar-refractivity contribution in [2.75, 3.05) is 27.4 Å². The number of carbonyl (C=O) groups is 2. The molecule has 0 bridgehead atoms.